The number of nitrogens with zero attached hydrogens (tertiary/aromatic N) is 3. The maximum absolute atomic E-state index is 12.4. The normalized spacial score (nSPS) is 14.1. The van der Waals surface area contributed by atoms with Gasteiger partial charge in [0.25, 0.3) is 0 Å². The van der Waals surface area contributed by atoms with Crippen molar-refractivity contribution < 1.29 is 4.79 Å². The van der Waals surface area contributed by atoms with Gasteiger partial charge in [0.15, 0.2) is 0 Å². The SMILES string of the molecule is O=C(N1CCCC1)n1cc(-c2ccc(-c3ccccc3)cc2)cn1. The first kappa shape index (κ1) is 14.7. The van der Waals surface area contributed by atoms with E-state index in [2.05, 4.69) is 41.5 Å². The van der Waals surface area contributed by atoms with Gasteiger partial charge in [0.1, 0.15) is 0 Å². The van der Waals surface area contributed by atoms with Crippen LogP contribution in [0.1, 0.15) is 12.8 Å². The summed E-state index contributed by atoms with van der Waals surface area (Å²) in [5.41, 5.74) is 4.40. The van der Waals surface area contributed by atoms with Gasteiger partial charge >= 0.3 is 6.03 Å². The summed E-state index contributed by atoms with van der Waals surface area (Å²) < 4.78 is 1.45. The van der Waals surface area contributed by atoms with Gasteiger partial charge in [0.05, 0.1) is 6.20 Å². The molecule has 0 spiro atoms. The molecule has 3 aromatic rings. The minimum absolute atomic E-state index is 0.0281. The molecule has 1 aromatic heterocycles. The van der Waals surface area contributed by atoms with Crippen molar-refractivity contribution in [3.8, 4) is 22.3 Å². The first-order valence-electron chi connectivity index (χ1n) is 8.31. The van der Waals surface area contributed by atoms with E-state index in [1.165, 1.54) is 15.8 Å². The molecule has 1 aliphatic rings. The van der Waals surface area contributed by atoms with Crippen molar-refractivity contribution >= 4 is 6.03 Å². The number of aromatic nitrogens is 2. The second-order valence-electron chi connectivity index (χ2n) is 6.09. The summed E-state index contributed by atoms with van der Waals surface area (Å²) in [5.74, 6) is 0. The molecule has 0 unspecified atom stereocenters. The number of benzene rings is 2. The molecule has 1 aliphatic heterocycles. The Kier molecular flexibility index (Phi) is 3.87. The maximum atomic E-state index is 12.4. The van der Waals surface area contributed by atoms with Crippen molar-refractivity contribution in [3.63, 3.8) is 0 Å². The van der Waals surface area contributed by atoms with Crippen LogP contribution in [0.3, 0.4) is 0 Å². The van der Waals surface area contributed by atoms with Crippen LogP contribution in [-0.2, 0) is 0 Å². The predicted molar refractivity (Wildman–Crippen MR) is 94.7 cm³/mol. The summed E-state index contributed by atoms with van der Waals surface area (Å²) in [6.07, 6.45) is 5.74. The zero-order valence-electron chi connectivity index (χ0n) is 13.4. The Hall–Kier alpha value is -2.88. The van der Waals surface area contributed by atoms with Crippen molar-refractivity contribution in [2.75, 3.05) is 13.1 Å². The first-order chi connectivity index (χ1) is 11.8. The van der Waals surface area contributed by atoms with E-state index in [9.17, 15) is 4.79 Å². The van der Waals surface area contributed by atoms with Crippen LogP contribution in [0.4, 0.5) is 4.79 Å². The van der Waals surface area contributed by atoms with E-state index < -0.39 is 0 Å². The number of amides is 1. The fraction of sp³-hybridized carbons (Fsp3) is 0.200. The fourth-order valence-corrected chi connectivity index (χ4v) is 3.12. The molecule has 0 saturated carbocycles. The minimum atomic E-state index is -0.0281. The van der Waals surface area contributed by atoms with Crippen LogP contribution in [-0.4, -0.2) is 33.8 Å². The number of carbonyl (C=O) groups is 1. The van der Waals surface area contributed by atoms with Gasteiger partial charge in [-0.15, -0.1) is 0 Å². The van der Waals surface area contributed by atoms with E-state index in [0.29, 0.717) is 0 Å². The quantitative estimate of drug-likeness (QED) is 0.707. The summed E-state index contributed by atoms with van der Waals surface area (Å²) in [6.45, 7) is 1.67. The summed E-state index contributed by atoms with van der Waals surface area (Å²) >= 11 is 0. The monoisotopic (exact) mass is 317 g/mol. The zero-order valence-corrected chi connectivity index (χ0v) is 13.4. The second-order valence-corrected chi connectivity index (χ2v) is 6.09. The molecule has 1 amide bonds. The Morgan fingerprint density at radius 3 is 2.04 bits per heavy atom. The fourth-order valence-electron chi connectivity index (χ4n) is 3.12. The number of likely N-dealkylation sites (tertiary alicyclic amines) is 1. The molecule has 0 bridgehead atoms. The molecular weight excluding hydrogens is 298 g/mol. The zero-order chi connectivity index (χ0) is 16.4. The van der Waals surface area contributed by atoms with Gasteiger partial charge in [-0.25, -0.2) is 4.79 Å². The number of hydrogen-bond donors (Lipinski definition) is 0. The molecule has 4 nitrogen and oxygen atoms in total. The minimum Gasteiger partial charge on any atom is -0.323 e. The van der Waals surface area contributed by atoms with Crippen LogP contribution >= 0.6 is 0 Å². The Morgan fingerprint density at radius 1 is 0.792 bits per heavy atom. The van der Waals surface area contributed by atoms with Crippen molar-refractivity contribution in [1.82, 2.24) is 14.7 Å². The third kappa shape index (κ3) is 2.83. The lowest BCUT2D eigenvalue weighted by atomic mass is 10.0. The van der Waals surface area contributed by atoms with Crippen LogP contribution in [0.15, 0.2) is 67.0 Å². The van der Waals surface area contributed by atoms with E-state index in [1.54, 1.807) is 6.20 Å². The largest absolute Gasteiger partial charge is 0.344 e. The number of rotatable bonds is 2. The lowest BCUT2D eigenvalue weighted by molar-refractivity contribution is 0.207. The van der Waals surface area contributed by atoms with E-state index in [1.807, 2.05) is 29.3 Å². The third-order valence-electron chi connectivity index (χ3n) is 4.48. The van der Waals surface area contributed by atoms with Crippen molar-refractivity contribution in [1.29, 1.82) is 0 Å². The Labute approximate surface area is 141 Å². The molecule has 1 fully saturated rings. The van der Waals surface area contributed by atoms with Gasteiger partial charge in [0.2, 0.25) is 0 Å². The average Bonchev–Trinajstić information content (AvgIpc) is 3.34. The molecule has 0 radical (unpaired) electrons. The van der Waals surface area contributed by atoms with E-state index in [0.717, 1.165) is 37.1 Å². The lowest BCUT2D eigenvalue weighted by Gasteiger charge is -2.13. The maximum Gasteiger partial charge on any atom is 0.344 e. The van der Waals surface area contributed by atoms with Crippen molar-refractivity contribution in [2.24, 2.45) is 0 Å². The number of carbonyl (C=O) groups excluding carboxylic acids is 1. The second kappa shape index (κ2) is 6.32. The molecule has 2 aromatic carbocycles. The summed E-state index contributed by atoms with van der Waals surface area (Å²) in [4.78, 5) is 14.2. The van der Waals surface area contributed by atoms with Crippen LogP contribution in [0.5, 0.6) is 0 Å². The summed E-state index contributed by atoms with van der Waals surface area (Å²) in [7, 11) is 0. The molecule has 120 valence electrons. The highest BCUT2D eigenvalue weighted by atomic mass is 16.2. The summed E-state index contributed by atoms with van der Waals surface area (Å²) in [6, 6.07) is 18.6. The van der Waals surface area contributed by atoms with Gasteiger partial charge in [-0.3, -0.25) is 0 Å². The van der Waals surface area contributed by atoms with Crippen LogP contribution < -0.4 is 0 Å². The van der Waals surface area contributed by atoms with Crippen molar-refractivity contribution in [3.05, 3.63) is 67.0 Å². The third-order valence-corrected chi connectivity index (χ3v) is 4.48. The van der Waals surface area contributed by atoms with Crippen LogP contribution in [0.25, 0.3) is 22.3 Å². The van der Waals surface area contributed by atoms with Gasteiger partial charge < -0.3 is 4.90 Å². The molecule has 4 rings (SSSR count). The van der Waals surface area contributed by atoms with E-state index >= 15 is 0 Å². The highest BCUT2D eigenvalue weighted by Crippen LogP contribution is 2.24. The van der Waals surface area contributed by atoms with Crippen LogP contribution in [0, 0.1) is 0 Å². The highest BCUT2D eigenvalue weighted by Gasteiger charge is 2.20. The molecular formula is C20H19N3O. The summed E-state index contributed by atoms with van der Waals surface area (Å²) in [5, 5.41) is 4.24. The standard InChI is InChI=1S/C20H19N3O/c24-20(22-12-4-5-13-22)23-15-19(14-21-23)18-10-8-17(9-11-18)16-6-2-1-3-7-16/h1-3,6-11,14-15H,4-5,12-13H2. The van der Waals surface area contributed by atoms with Crippen LogP contribution in [0.2, 0.25) is 0 Å². The molecule has 1 saturated heterocycles. The van der Waals surface area contributed by atoms with Gasteiger partial charge in [-0.2, -0.15) is 9.78 Å². The Balaban J connectivity index is 1.55. The van der Waals surface area contributed by atoms with Crippen molar-refractivity contribution in [2.45, 2.75) is 12.8 Å². The lowest BCUT2D eigenvalue weighted by Crippen LogP contribution is -2.32. The van der Waals surface area contributed by atoms with E-state index in [-0.39, 0.29) is 6.03 Å². The van der Waals surface area contributed by atoms with Gasteiger partial charge in [0, 0.05) is 24.8 Å². The molecule has 4 heteroatoms. The smallest absolute Gasteiger partial charge is 0.323 e. The Bertz CT molecular complexity index is 831. The van der Waals surface area contributed by atoms with Gasteiger partial charge in [-0.1, -0.05) is 54.6 Å². The molecule has 0 atom stereocenters. The topological polar surface area (TPSA) is 38.1 Å². The first-order valence-corrected chi connectivity index (χ1v) is 8.31. The highest BCUT2D eigenvalue weighted by molar-refractivity contribution is 5.78. The predicted octanol–water partition coefficient (Wildman–Crippen LogP) is 4.28. The average molecular weight is 317 g/mol. The van der Waals surface area contributed by atoms with Gasteiger partial charge in [-0.05, 0) is 29.5 Å². The Morgan fingerprint density at radius 2 is 1.38 bits per heavy atom. The molecule has 0 N–H and O–H groups in total. The van der Waals surface area contributed by atoms with E-state index in [4.69, 9.17) is 0 Å². The number of hydrogen-bond acceptors (Lipinski definition) is 2. The molecule has 2 heterocycles. The molecule has 24 heavy (non-hydrogen) atoms. The molecule has 0 aliphatic carbocycles.